The number of aromatic nitrogens is 5. The predicted octanol–water partition coefficient (Wildman–Crippen LogP) is 2.52. The molecule has 1 fully saturated rings. The molecule has 5 rings (SSSR count). The molecule has 4 aromatic heterocycles. The minimum atomic E-state index is 0.522. The van der Waals surface area contributed by atoms with Gasteiger partial charge in [0.2, 0.25) is 0 Å². The Morgan fingerprint density at radius 3 is 2.57 bits per heavy atom. The number of hydrogen-bond donors (Lipinski definition) is 0. The van der Waals surface area contributed by atoms with E-state index in [1.807, 2.05) is 37.9 Å². The van der Waals surface area contributed by atoms with Crippen LogP contribution in [0.15, 0.2) is 59.2 Å². The SMILES string of the molecule is C#C/N=C(\C=N/C)CN1CCN(c2ccc(-c3cc(-c4cnn(C)c4)cn4ncc(C#N)c34)cn2)CC1. The fourth-order valence-corrected chi connectivity index (χ4v) is 4.59. The second-order valence-electron chi connectivity index (χ2n) is 8.80. The van der Waals surface area contributed by atoms with Gasteiger partial charge in [0.25, 0.3) is 0 Å². The van der Waals surface area contributed by atoms with Crippen molar-refractivity contribution in [2.75, 3.05) is 44.7 Å². The maximum Gasteiger partial charge on any atom is 0.128 e. The first-order valence-corrected chi connectivity index (χ1v) is 11.9. The third-order valence-corrected chi connectivity index (χ3v) is 6.40. The van der Waals surface area contributed by atoms with Gasteiger partial charge in [0, 0.05) is 99.9 Å². The first-order chi connectivity index (χ1) is 18.1. The van der Waals surface area contributed by atoms with E-state index in [0.717, 1.165) is 65.5 Å². The summed E-state index contributed by atoms with van der Waals surface area (Å²) < 4.78 is 3.52. The minimum absolute atomic E-state index is 0.522. The van der Waals surface area contributed by atoms with E-state index in [-0.39, 0.29) is 0 Å². The van der Waals surface area contributed by atoms with Crippen molar-refractivity contribution < 1.29 is 0 Å². The highest BCUT2D eigenvalue weighted by Gasteiger charge is 2.20. The van der Waals surface area contributed by atoms with Gasteiger partial charge in [-0.15, -0.1) is 0 Å². The first-order valence-electron chi connectivity index (χ1n) is 11.9. The summed E-state index contributed by atoms with van der Waals surface area (Å²) in [6.07, 6.45) is 16.2. The fourth-order valence-electron chi connectivity index (χ4n) is 4.59. The molecule has 1 saturated heterocycles. The Balaban J connectivity index is 1.38. The quantitative estimate of drug-likeness (QED) is 0.304. The number of nitriles is 1. The molecule has 1 aliphatic rings. The Hall–Kier alpha value is -4.80. The summed E-state index contributed by atoms with van der Waals surface area (Å²) in [7, 11) is 3.60. The molecule has 0 spiro atoms. The molecular weight excluding hydrogens is 464 g/mol. The van der Waals surface area contributed by atoms with Crippen LogP contribution in [0.25, 0.3) is 27.8 Å². The Bertz CT molecular complexity index is 1550. The van der Waals surface area contributed by atoms with Crippen molar-refractivity contribution >= 4 is 23.3 Å². The van der Waals surface area contributed by atoms with E-state index in [1.54, 1.807) is 28.7 Å². The van der Waals surface area contributed by atoms with Crippen LogP contribution in [0.5, 0.6) is 0 Å². The molecule has 5 heterocycles. The Morgan fingerprint density at radius 2 is 1.92 bits per heavy atom. The van der Waals surface area contributed by atoms with Crippen LogP contribution in [0.3, 0.4) is 0 Å². The van der Waals surface area contributed by atoms with Crippen molar-refractivity contribution in [3.63, 3.8) is 0 Å². The van der Waals surface area contributed by atoms with E-state index < -0.39 is 0 Å². The molecular formula is C27H26N10. The van der Waals surface area contributed by atoms with Crippen LogP contribution < -0.4 is 4.90 Å². The van der Waals surface area contributed by atoms with Gasteiger partial charge >= 0.3 is 0 Å². The van der Waals surface area contributed by atoms with E-state index in [1.165, 1.54) is 0 Å². The Labute approximate surface area is 215 Å². The van der Waals surface area contributed by atoms with Crippen LogP contribution >= 0.6 is 0 Å². The molecule has 37 heavy (non-hydrogen) atoms. The van der Waals surface area contributed by atoms with E-state index in [4.69, 9.17) is 11.4 Å². The molecule has 0 bridgehead atoms. The smallest absolute Gasteiger partial charge is 0.128 e. The molecule has 0 radical (unpaired) electrons. The summed E-state index contributed by atoms with van der Waals surface area (Å²) in [5.74, 6) is 0.921. The molecule has 0 unspecified atom stereocenters. The number of piperazine rings is 1. The van der Waals surface area contributed by atoms with E-state index in [2.05, 4.69) is 54.2 Å². The lowest BCUT2D eigenvalue weighted by molar-refractivity contribution is 0.292. The normalized spacial score (nSPS) is 14.8. The highest BCUT2D eigenvalue weighted by Crippen LogP contribution is 2.32. The van der Waals surface area contributed by atoms with Crippen molar-refractivity contribution in [2.24, 2.45) is 17.0 Å². The summed E-state index contributed by atoms with van der Waals surface area (Å²) in [5.41, 5.74) is 5.83. The second-order valence-corrected chi connectivity index (χ2v) is 8.80. The number of hydrogen-bond acceptors (Lipinski definition) is 8. The highest BCUT2D eigenvalue weighted by atomic mass is 15.3. The highest BCUT2D eigenvalue weighted by molar-refractivity contribution is 6.31. The lowest BCUT2D eigenvalue weighted by Crippen LogP contribution is -2.48. The maximum atomic E-state index is 9.67. The van der Waals surface area contributed by atoms with Crippen LogP contribution in [-0.4, -0.2) is 81.0 Å². The van der Waals surface area contributed by atoms with Gasteiger partial charge in [-0.3, -0.25) is 14.6 Å². The number of aryl methyl sites for hydroxylation is 1. The van der Waals surface area contributed by atoms with Crippen LogP contribution in [0.2, 0.25) is 0 Å². The molecule has 10 heteroatoms. The molecule has 10 nitrogen and oxygen atoms in total. The summed E-state index contributed by atoms with van der Waals surface area (Å²) in [6.45, 7) is 4.12. The number of nitrogens with zero attached hydrogens (tertiary/aromatic N) is 10. The van der Waals surface area contributed by atoms with Crippen LogP contribution in [0.4, 0.5) is 5.82 Å². The third-order valence-electron chi connectivity index (χ3n) is 6.40. The van der Waals surface area contributed by atoms with Crippen LogP contribution in [0.1, 0.15) is 5.56 Å². The van der Waals surface area contributed by atoms with Gasteiger partial charge in [0.15, 0.2) is 0 Å². The number of anilines is 1. The summed E-state index contributed by atoms with van der Waals surface area (Å²) >= 11 is 0. The van der Waals surface area contributed by atoms with E-state index in [9.17, 15) is 5.26 Å². The number of terminal acetylenes is 1. The van der Waals surface area contributed by atoms with E-state index in [0.29, 0.717) is 12.1 Å². The zero-order chi connectivity index (χ0) is 25.8. The van der Waals surface area contributed by atoms with Gasteiger partial charge < -0.3 is 4.90 Å². The van der Waals surface area contributed by atoms with Crippen LogP contribution in [-0.2, 0) is 7.05 Å². The zero-order valence-electron chi connectivity index (χ0n) is 20.8. The van der Waals surface area contributed by atoms with Crippen molar-refractivity contribution in [1.82, 2.24) is 29.3 Å². The molecule has 0 atom stereocenters. The summed E-state index contributed by atoms with van der Waals surface area (Å²) in [6, 6.07) is 10.8. The molecule has 0 amide bonds. The van der Waals surface area contributed by atoms with Gasteiger partial charge in [-0.1, -0.05) is 6.42 Å². The van der Waals surface area contributed by atoms with Crippen LogP contribution in [0, 0.1) is 23.8 Å². The standard InChI is InChI=1S/C27H26N10/c1-4-30-24(16-29-2)19-35-7-9-36(10-8-35)26-6-5-20(13-31-26)25-11-21(23-15-32-34(3)17-23)18-37-27(25)22(12-28)14-33-37/h1,5-6,11,13-18H,7-10,19H2,2-3H3/b29-16-,30-24+. The number of aliphatic imine (C=N–C) groups is 2. The summed E-state index contributed by atoms with van der Waals surface area (Å²) in [5, 5.41) is 18.4. The predicted molar refractivity (Wildman–Crippen MR) is 145 cm³/mol. The topological polar surface area (TPSA) is 103 Å². The monoisotopic (exact) mass is 490 g/mol. The molecule has 184 valence electrons. The Kier molecular flexibility index (Phi) is 6.75. The first kappa shape index (κ1) is 23.9. The number of pyridine rings is 2. The van der Waals surface area contributed by atoms with E-state index >= 15 is 0 Å². The third kappa shape index (κ3) is 4.96. The van der Waals surface area contributed by atoms with Gasteiger partial charge in [-0.05, 0) is 18.2 Å². The Morgan fingerprint density at radius 1 is 1.08 bits per heavy atom. The lowest BCUT2D eigenvalue weighted by Gasteiger charge is -2.35. The molecule has 0 N–H and O–H groups in total. The van der Waals surface area contributed by atoms with Crippen molar-refractivity contribution in [2.45, 2.75) is 0 Å². The molecule has 4 aromatic rings. The van der Waals surface area contributed by atoms with Gasteiger partial charge in [0.1, 0.15) is 11.9 Å². The zero-order valence-corrected chi connectivity index (χ0v) is 20.8. The molecule has 0 aliphatic carbocycles. The molecule has 0 aromatic carbocycles. The van der Waals surface area contributed by atoms with Crippen molar-refractivity contribution in [3.05, 3.63) is 54.7 Å². The number of fused-ring (bicyclic) bond motifs is 1. The fraction of sp³-hybridized carbons (Fsp3) is 0.259. The van der Waals surface area contributed by atoms with Crippen molar-refractivity contribution in [1.29, 1.82) is 5.26 Å². The maximum absolute atomic E-state index is 9.67. The average Bonchev–Trinajstić information content (AvgIpc) is 3.55. The second kappa shape index (κ2) is 10.4. The average molecular weight is 491 g/mol. The van der Waals surface area contributed by atoms with Crippen molar-refractivity contribution in [3.8, 4) is 40.8 Å². The number of rotatable bonds is 6. The molecule has 0 saturated carbocycles. The van der Waals surface area contributed by atoms with Gasteiger partial charge in [-0.2, -0.15) is 20.5 Å². The minimum Gasteiger partial charge on any atom is -0.354 e. The van der Waals surface area contributed by atoms with Gasteiger partial charge in [0.05, 0.1) is 29.2 Å². The van der Waals surface area contributed by atoms with Gasteiger partial charge in [-0.25, -0.2) is 9.50 Å². The summed E-state index contributed by atoms with van der Waals surface area (Å²) in [4.78, 5) is 17.5. The largest absolute Gasteiger partial charge is 0.354 e. The lowest BCUT2D eigenvalue weighted by atomic mass is 10.0. The molecule has 1 aliphatic heterocycles.